The van der Waals surface area contributed by atoms with Crippen molar-refractivity contribution in [3.05, 3.63) is 77.1 Å². The van der Waals surface area contributed by atoms with E-state index in [2.05, 4.69) is 73.9 Å². The Labute approximate surface area is 328 Å². The van der Waals surface area contributed by atoms with Gasteiger partial charge in [0.25, 0.3) is 0 Å². The maximum atomic E-state index is 13.8. The summed E-state index contributed by atoms with van der Waals surface area (Å²) in [4.78, 5) is 23.8. The number of esters is 1. The van der Waals surface area contributed by atoms with Crippen LogP contribution in [0.25, 0.3) is 0 Å². The van der Waals surface area contributed by atoms with Gasteiger partial charge in [0.05, 0.1) is 18.8 Å². The third kappa shape index (κ3) is 11.2. The molecular weight excluding hydrogens is 671 g/mol. The Morgan fingerprint density at radius 3 is 1.39 bits per heavy atom. The number of cyclic esters (lactones) is 1. The molecule has 0 bridgehead atoms. The molecule has 3 aromatic rings. The number of unbranched alkanes of at least 4 members (excludes halogenated alkanes) is 12. The fourth-order valence-corrected chi connectivity index (χ4v) is 7.81. The normalized spacial score (nSPS) is 13.1. The van der Waals surface area contributed by atoms with Crippen molar-refractivity contribution < 1.29 is 19.0 Å². The molecule has 0 amide bonds. The number of hydrogen-bond donors (Lipinski definition) is 0. The van der Waals surface area contributed by atoms with Gasteiger partial charge in [0.1, 0.15) is 17.2 Å². The minimum Gasteiger partial charge on any atom is -0.493 e. The molecule has 54 heavy (non-hydrogen) atoms. The lowest BCUT2D eigenvalue weighted by Gasteiger charge is -2.34. The van der Waals surface area contributed by atoms with Gasteiger partial charge in [-0.15, -0.1) is 0 Å². The zero-order valence-electron chi connectivity index (χ0n) is 34.7. The predicted octanol–water partition coefficient (Wildman–Crippen LogP) is 12.3. The quantitative estimate of drug-likeness (QED) is 0.0542. The van der Waals surface area contributed by atoms with Crippen LogP contribution in [0.15, 0.2) is 54.7 Å². The van der Waals surface area contributed by atoms with Crippen LogP contribution in [0, 0.1) is 0 Å². The highest BCUT2D eigenvalue weighted by molar-refractivity contribution is 5.96. The minimum atomic E-state index is -1.35. The fraction of sp³-hybridized carbons (Fsp3) is 0.617. The molecule has 0 N–H and O–H groups in total. The van der Waals surface area contributed by atoms with E-state index in [0.29, 0.717) is 36.0 Å². The molecule has 0 saturated carbocycles. The van der Waals surface area contributed by atoms with Gasteiger partial charge >= 0.3 is 5.97 Å². The second kappa shape index (κ2) is 23.2. The second-order valence-electron chi connectivity index (χ2n) is 14.9. The van der Waals surface area contributed by atoms with Crippen LogP contribution in [0.1, 0.15) is 171 Å². The van der Waals surface area contributed by atoms with Crippen LogP contribution in [-0.4, -0.2) is 50.3 Å². The van der Waals surface area contributed by atoms with E-state index in [9.17, 15) is 4.79 Å². The van der Waals surface area contributed by atoms with Crippen LogP contribution in [0.4, 0.5) is 11.4 Å². The summed E-state index contributed by atoms with van der Waals surface area (Å²) in [6, 6.07) is 16.6. The number of anilines is 2. The Morgan fingerprint density at radius 2 is 1.00 bits per heavy atom. The monoisotopic (exact) mass is 742 g/mol. The second-order valence-corrected chi connectivity index (χ2v) is 14.9. The molecule has 1 aliphatic rings. The van der Waals surface area contributed by atoms with Gasteiger partial charge in [0.15, 0.2) is 0 Å². The molecule has 0 radical (unpaired) electrons. The smallest absolute Gasteiger partial charge is 0.341 e. The fourth-order valence-electron chi connectivity index (χ4n) is 7.81. The van der Waals surface area contributed by atoms with E-state index in [1.54, 1.807) is 12.3 Å². The van der Waals surface area contributed by atoms with Gasteiger partial charge < -0.3 is 24.0 Å². The van der Waals surface area contributed by atoms with Crippen molar-refractivity contribution in [2.24, 2.45) is 0 Å². The molecule has 0 saturated heterocycles. The molecule has 0 spiro atoms. The Balaban J connectivity index is 1.85. The lowest BCUT2D eigenvalue weighted by Crippen LogP contribution is -2.33. The van der Waals surface area contributed by atoms with Gasteiger partial charge in [0, 0.05) is 67.0 Å². The summed E-state index contributed by atoms with van der Waals surface area (Å²) < 4.78 is 19.7. The molecule has 1 aliphatic heterocycles. The van der Waals surface area contributed by atoms with E-state index in [1.165, 1.54) is 77.0 Å². The first-order chi connectivity index (χ1) is 26.5. The van der Waals surface area contributed by atoms with Crippen molar-refractivity contribution in [1.82, 2.24) is 4.98 Å². The van der Waals surface area contributed by atoms with Gasteiger partial charge in [0.2, 0.25) is 5.60 Å². The van der Waals surface area contributed by atoms with E-state index in [0.717, 1.165) is 74.4 Å². The molecule has 0 aliphatic carbocycles. The number of carbonyl (C=O) groups excluding carboxylic acids is 1. The van der Waals surface area contributed by atoms with Crippen LogP contribution in [0.3, 0.4) is 0 Å². The number of nitrogens with zero attached hydrogens (tertiary/aromatic N) is 3. The molecular formula is C47H71N3O4. The largest absolute Gasteiger partial charge is 0.493 e. The zero-order valence-corrected chi connectivity index (χ0v) is 34.7. The summed E-state index contributed by atoms with van der Waals surface area (Å²) in [7, 11) is 0. The summed E-state index contributed by atoms with van der Waals surface area (Å²) in [6.07, 6.45) is 21.2. The number of hydrogen-bond acceptors (Lipinski definition) is 7. The van der Waals surface area contributed by atoms with Crippen LogP contribution in [0.5, 0.6) is 11.5 Å². The highest BCUT2D eigenvalue weighted by atomic mass is 16.6. The van der Waals surface area contributed by atoms with Crippen molar-refractivity contribution in [3.63, 3.8) is 0 Å². The third-order valence-corrected chi connectivity index (χ3v) is 10.8. The number of carbonyl (C=O) groups is 1. The lowest BCUT2D eigenvalue weighted by atomic mass is 9.81. The van der Waals surface area contributed by atoms with E-state index < -0.39 is 11.6 Å². The van der Waals surface area contributed by atoms with Gasteiger partial charge in [-0.25, -0.2) is 4.79 Å². The summed E-state index contributed by atoms with van der Waals surface area (Å²) >= 11 is 0. The number of rotatable bonds is 28. The molecule has 1 aromatic heterocycles. The Kier molecular flexibility index (Phi) is 18.5. The van der Waals surface area contributed by atoms with Gasteiger partial charge in [-0.2, -0.15) is 0 Å². The van der Waals surface area contributed by atoms with Gasteiger partial charge in [-0.05, 0) is 75.9 Å². The van der Waals surface area contributed by atoms with Crippen molar-refractivity contribution in [3.8, 4) is 11.5 Å². The molecule has 0 atom stereocenters. The van der Waals surface area contributed by atoms with Crippen molar-refractivity contribution >= 4 is 17.3 Å². The standard InChI is InChI=1S/C47H71N3O4/c1-7-13-17-21-32-49(33-22-18-14-8-2)38-27-29-41(43(36-38)52-11-5)47(45-40(46(51)54-47)26-25-31-48-45)42-30-28-39(37-44(42)53-12-6)50(34-23-19-15-9-3)35-24-20-16-10-4/h25-31,36-37H,7-24,32-35H2,1-6H3. The Morgan fingerprint density at radius 1 is 0.574 bits per heavy atom. The molecule has 4 rings (SSSR count). The molecule has 0 unspecified atom stereocenters. The molecule has 2 aromatic carbocycles. The van der Waals surface area contributed by atoms with Gasteiger partial charge in [-0.3, -0.25) is 4.98 Å². The van der Waals surface area contributed by atoms with E-state index >= 15 is 0 Å². The summed E-state index contributed by atoms with van der Waals surface area (Å²) in [5.41, 5.74) is 3.50. The highest BCUT2D eigenvalue weighted by Gasteiger charge is 2.53. The van der Waals surface area contributed by atoms with Crippen LogP contribution < -0.4 is 19.3 Å². The first kappa shape index (κ1) is 43.0. The minimum absolute atomic E-state index is 0.391. The van der Waals surface area contributed by atoms with E-state index in [1.807, 2.05) is 19.9 Å². The first-order valence-corrected chi connectivity index (χ1v) is 21.7. The van der Waals surface area contributed by atoms with E-state index in [-0.39, 0.29) is 0 Å². The molecule has 2 heterocycles. The lowest BCUT2D eigenvalue weighted by molar-refractivity contribution is 0.0228. The SMILES string of the molecule is CCCCCCN(CCCCCC)c1ccc(C2(c3ccc(N(CCCCCC)CCCCCC)cc3OCC)OC(=O)c3cccnc32)c(OCC)c1. The molecule has 7 nitrogen and oxygen atoms in total. The van der Waals surface area contributed by atoms with Crippen LogP contribution >= 0.6 is 0 Å². The summed E-state index contributed by atoms with van der Waals surface area (Å²) in [5.74, 6) is 1.01. The summed E-state index contributed by atoms with van der Waals surface area (Å²) in [6.45, 7) is 18.0. The first-order valence-electron chi connectivity index (χ1n) is 21.7. The number of pyridine rings is 1. The van der Waals surface area contributed by atoms with Gasteiger partial charge in [-0.1, -0.05) is 105 Å². The molecule has 7 heteroatoms. The topological polar surface area (TPSA) is 64.1 Å². The van der Waals surface area contributed by atoms with Crippen LogP contribution in [-0.2, 0) is 10.3 Å². The van der Waals surface area contributed by atoms with Crippen molar-refractivity contribution in [2.75, 3.05) is 49.2 Å². The summed E-state index contributed by atoms with van der Waals surface area (Å²) in [5, 5.41) is 0. The number of ether oxygens (including phenoxy) is 3. The maximum Gasteiger partial charge on any atom is 0.341 e. The average Bonchev–Trinajstić information content (AvgIpc) is 3.49. The van der Waals surface area contributed by atoms with Crippen LogP contribution in [0.2, 0.25) is 0 Å². The zero-order chi connectivity index (χ0) is 38.6. The molecule has 0 fully saturated rings. The Hall–Kier alpha value is -3.74. The Bertz CT molecular complexity index is 1440. The number of aromatic nitrogens is 1. The molecule has 298 valence electrons. The maximum absolute atomic E-state index is 13.8. The average molecular weight is 742 g/mol. The van der Waals surface area contributed by atoms with Crippen molar-refractivity contribution in [1.29, 1.82) is 0 Å². The number of fused-ring (bicyclic) bond motifs is 1. The third-order valence-electron chi connectivity index (χ3n) is 10.8. The van der Waals surface area contributed by atoms with Crippen molar-refractivity contribution in [2.45, 2.75) is 150 Å². The number of benzene rings is 2. The predicted molar refractivity (Wildman–Crippen MR) is 226 cm³/mol. The highest BCUT2D eigenvalue weighted by Crippen LogP contribution is 2.52. The van der Waals surface area contributed by atoms with E-state index in [4.69, 9.17) is 19.2 Å².